The molecule has 0 bridgehead atoms. The van der Waals surface area contributed by atoms with Gasteiger partial charge < -0.3 is 4.74 Å². The van der Waals surface area contributed by atoms with Crippen LogP contribution in [0.4, 0.5) is 0 Å². The molecule has 0 spiro atoms. The fraction of sp³-hybridized carbons (Fsp3) is 0.704. The normalized spacial score (nSPS) is 25.4. The summed E-state index contributed by atoms with van der Waals surface area (Å²) in [6.45, 7) is 5.10. The van der Waals surface area contributed by atoms with Crippen molar-refractivity contribution in [3.8, 4) is 5.75 Å². The SMILES string of the molecule is CCCCCC1CCC(C2CC=C(CCc3ccc(OCC)cc3)CC2)CC1. The minimum atomic E-state index is 0.744. The van der Waals surface area contributed by atoms with Crippen LogP contribution in [0.3, 0.4) is 0 Å². The average molecular weight is 383 g/mol. The van der Waals surface area contributed by atoms with E-state index in [1.807, 2.05) is 6.92 Å². The second kappa shape index (κ2) is 11.7. The molecule has 0 heterocycles. The molecule has 1 atom stereocenters. The number of allylic oxidation sites excluding steroid dienone is 2. The van der Waals surface area contributed by atoms with Crippen molar-refractivity contribution < 1.29 is 4.74 Å². The highest BCUT2D eigenvalue weighted by Crippen LogP contribution is 2.41. The van der Waals surface area contributed by atoms with Crippen LogP contribution >= 0.6 is 0 Å². The van der Waals surface area contributed by atoms with Gasteiger partial charge in [-0.25, -0.2) is 0 Å². The van der Waals surface area contributed by atoms with Gasteiger partial charge in [-0.3, -0.25) is 0 Å². The lowest BCUT2D eigenvalue weighted by molar-refractivity contribution is 0.185. The minimum Gasteiger partial charge on any atom is -0.494 e. The highest BCUT2D eigenvalue weighted by atomic mass is 16.5. The van der Waals surface area contributed by atoms with Gasteiger partial charge in [0.25, 0.3) is 0 Å². The molecule has 0 aromatic heterocycles. The summed E-state index contributed by atoms with van der Waals surface area (Å²) in [7, 11) is 0. The smallest absolute Gasteiger partial charge is 0.119 e. The Bertz CT molecular complexity index is 577. The van der Waals surface area contributed by atoms with E-state index in [4.69, 9.17) is 4.74 Å². The van der Waals surface area contributed by atoms with Crippen LogP contribution < -0.4 is 4.74 Å². The van der Waals surface area contributed by atoms with Crippen LogP contribution in [0.5, 0.6) is 5.75 Å². The van der Waals surface area contributed by atoms with E-state index in [-0.39, 0.29) is 0 Å². The molecule has 0 aliphatic heterocycles. The summed E-state index contributed by atoms with van der Waals surface area (Å²) in [6.07, 6.45) is 21.0. The molecule has 0 amide bonds. The maximum Gasteiger partial charge on any atom is 0.119 e. The maximum atomic E-state index is 5.54. The van der Waals surface area contributed by atoms with E-state index in [2.05, 4.69) is 37.3 Å². The van der Waals surface area contributed by atoms with E-state index in [0.29, 0.717) is 0 Å². The molecule has 1 heteroatoms. The predicted octanol–water partition coefficient (Wildman–Crippen LogP) is 8.13. The first-order valence-electron chi connectivity index (χ1n) is 12.2. The van der Waals surface area contributed by atoms with Crippen LogP contribution in [-0.4, -0.2) is 6.61 Å². The van der Waals surface area contributed by atoms with Crippen molar-refractivity contribution in [1.29, 1.82) is 0 Å². The first-order valence-corrected chi connectivity index (χ1v) is 12.2. The lowest BCUT2D eigenvalue weighted by atomic mass is 9.70. The Labute approximate surface area is 174 Å². The largest absolute Gasteiger partial charge is 0.494 e. The zero-order valence-corrected chi connectivity index (χ0v) is 18.4. The summed E-state index contributed by atoms with van der Waals surface area (Å²) in [5, 5.41) is 0. The quantitative estimate of drug-likeness (QED) is 0.293. The molecule has 3 rings (SSSR count). The predicted molar refractivity (Wildman–Crippen MR) is 121 cm³/mol. The number of aryl methyl sites for hydroxylation is 1. The summed E-state index contributed by atoms with van der Waals surface area (Å²) in [5.41, 5.74) is 3.14. The van der Waals surface area contributed by atoms with E-state index >= 15 is 0 Å². The van der Waals surface area contributed by atoms with Crippen molar-refractivity contribution in [3.05, 3.63) is 41.5 Å². The van der Waals surface area contributed by atoms with Gasteiger partial charge in [0.1, 0.15) is 5.75 Å². The first kappa shape index (κ1) is 21.5. The van der Waals surface area contributed by atoms with Gasteiger partial charge >= 0.3 is 0 Å². The third kappa shape index (κ3) is 6.68. The molecule has 1 aromatic rings. The number of rotatable bonds is 10. The van der Waals surface area contributed by atoms with Crippen molar-refractivity contribution in [2.75, 3.05) is 6.61 Å². The van der Waals surface area contributed by atoms with Crippen molar-refractivity contribution in [2.45, 2.75) is 97.3 Å². The van der Waals surface area contributed by atoms with Crippen molar-refractivity contribution in [3.63, 3.8) is 0 Å². The molecule has 2 aliphatic carbocycles. The number of benzene rings is 1. The van der Waals surface area contributed by atoms with E-state index in [1.165, 1.54) is 89.0 Å². The van der Waals surface area contributed by atoms with Gasteiger partial charge in [0.2, 0.25) is 0 Å². The molecule has 0 radical (unpaired) electrons. The Morgan fingerprint density at radius 3 is 2.29 bits per heavy atom. The Morgan fingerprint density at radius 1 is 0.857 bits per heavy atom. The lowest BCUT2D eigenvalue weighted by Crippen LogP contribution is -2.23. The molecule has 1 nitrogen and oxygen atoms in total. The van der Waals surface area contributed by atoms with Gasteiger partial charge in [-0.1, -0.05) is 69.2 Å². The summed E-state index contributed by atoms with van der Waals surface area (Å²) in [4.78, 5) is 0. The van der Waals surface area contributed by atoms with Gasteiger partial charge in [0.15, 0.2) is 0 Å². The van der Waals surface area contributed by atoms with Gasteiger partial charge in [-0.05, 0) is 87.3 Å². The van der Waals surface area contributed by atoms with Crippen LogP contribution in [0.1, 0.15) is 96.5 Å². The molecular formula is C27H42O. The van der Waals surface area contributed by atoms with E-state index in [1.54, 1.807) is 5.57 Å². The molecule has 1 unspecified atom stereocenters. The van der Waals surface area contributed by atoms with E-state index in [0.717, 1.165) is 30.1 Å². The fourth-order valence-electron chi connectivity index (χ4n) is 5.42. The highest BCUT2D eigenvalue weighted by Gasteiger charge is 2.28. The monoisotopic (exact) mass is 382 g/mol. The summed E-state index contributed by atoms with van der Waals surface area (Å²) >= 11 is 0. The maximum absolute atomic E-state index is 5.54. The standard InChI is InChI=1S/C27H42O/c1-3-5-6-7-22-10-16-25(17-11-22)26-18-12-23(13-19-26)8-9-24-14-20-27(21-15-24)28-4-2/h12,14-15,20-22,25-26H,3-11,13,16-19H2,1-2H3. The van der Waals surface area contributed by atoms with Crippen molar-refractivity contribution >= 4 is 0 Å². The zero-order valence-electron chi connectivity index (χ0n) is 18.4. The Morgan fingerprint density at radius 2 is 1.64 bits per heavy atom. The second-order valence-corrected chi connectivity index (χ2v) is 9.25. The van der Waals surface area contributed by atoms with Crippen LogP contribution in [0, 0.1) is 17.8 Å². The zero-order chi connectivity index (χ0) is 19.6. The van der Waals surface area contributed by atoms with Crippen LogP contribution in [0.15, 0.2) is 35.9 Å². The van der Waals surface area contributed by atoms with Crippen LogP contribution in [-0.2, 0) is 6.42 Å². The summed E-state index contributed by atoms with van der Waals surface area (Å²) in [6, 6.07) is 8.69. The number of hydrogen-bond acceptors (Lipinski definition) is 1. The number of hydrogen-bond donors (Lipinski definition) is 0. The van der Waals surface area contributed by atoms with Gasteiger partial charge in [-0.15, -0.1) is 0 Å². The second-order valence-electron chi connectivity index (χ2n) is 9.25. The number of unbranched alkanes of at least 4 members (excludes halogenated alkanes) is 2. The highest BCUT2D eigenvalue weighted by molar-refractivity contribution is 5.28. The Hall–Kier alpha value is -1.24. The molecule has 2 aliphatic rings. The topological polar surface area (TPSA) is 9.23 Å². The molecule has 156 valence electrons. The molecule has 0 saturated heterocycles. The Balaban J connectivity index is 1.36. The van der Waals surface area contributed by atoms with E-state index in [9.17, 15) is 0 Å². The van der Waals surface area contributed by atoms with Gasteiger partial charge in [0.05, 0.1) is 6.61 Å². The van der Waals surface area contributed by atoms with E-state index < -0.39 is 0 Å². The van der Waals surface area contributed by atoms with Crippen LogP contribution in [0.2, 0.25) is 0 Å². The fourth-order valence-corrected chi connectivity index (χ4v) is 5.42. The minimum absolute atomic E-state index is 0.744. The first-order chi connectivity index (χ1) is 13.8. The molecule has 28 heavy (non-hydrogen) atoms. The van der Waals surface area contributed by atoms with Gasteiger partial charge in [0, 0.05) is 0 Å². The van der Waals surface area contributed by atoms with Crippen molar-refractivity contribution in [1.82, 2.24) is 0 Å². The average Bonchev–Trinajstić information content (AvgIpc) is 2.75. The molecule has 1 saturated carbocycles. The van der Waals surface area contributed by atoms with Crippen molar-refractivity contribution in [2.24, 2.45) is 17.8 Å². The Kier molecular flexibility index (Phi) is 8.96. The third-order valence-corrected chi connectivity index (χ3v) is 7.29. The molecule has 0 N–H and O–H groups in total. The molecule has 1 fully saturated rings. The third-order valence-electron chi connectivity index (χ3n) is 7.29. The van der Waals surface area contributed by atoms with Crippen LogP contribution in [0.25, 0.3) is 0 Å². The number of ether oxygens (including phenoxy) is 1. The molecule has 1 aromatic carbocycles. The van der Waals surface area contributed by atoms with Gasteiger partial charge in [-0.2, -0.15) is 0 Å². The summed E-state index contributed by atoms with van der Waals surface area (Å²) < 4.78 is 5.54. The summed E-state index contributed by atoms with van der Waals surface area (Å²) in [5.74, 6) is 4.04. The molecular weight excluding hydrogens is 340 g/mol. The lowest BCUT2D eigenvalue weighted by Gasteiger charge is -2.35.